The van der Waals surface area contributed by atoms with Gasteiger partial charge in [0.25, 0.3) is 11.8 Å². The van der Waals surface area contributed by atoms with Crippen LogP contribution in [0, 0.1) is 0 Å². The van der Waals surface area contributed by atoms with Crippen LogP contribution in [0.1, 0.15) is 40.4 Å². The molecule has 2 aromatic heterocycles. The van der Waals surface area contributed by atoms with Crippen LogP contribution in [0.25, 0.3) is 0 Å². The van der Waals surface area contributed by atoms with E-state index in [0.29, 0.717) is 33.8 Å². The molecule has 30 heavy (non-hydrogen) atoms. The molecule has 0 saturated carbocycles. The number of pyridine rings is 1. The second-order valence-corrected chi connectivity index (χ2v) is 8.33. The molecule has 0 bridgehead atoms. The largest absolute Gasteiger partial charge is 0.489 e. The maximum absolute atomic E-state index is 12.6. The number of ether oxygens (including phenoxy) is 1. The highest BCUT2D eigenvalue weighted by Crippen LogP contribution is 2.29. The molecule has 3 aromatic rings. The number of rotatable bonds is 7. The number of aromatic amines is 1. The Balaban J connectivity index is 1.77. The topological polar surface area (TPSA) is 96.1 Å². The second-order valence-electron chi connectivity index (χ2n) is 6.68. The van der Waals surface area contributed by atoms with Crippen LogP contribution in [0.2, 0.25) is 0 Å². The first kappa shape index (κ1) is 22.0. The van der Waals surface area contributed by atoms with E-state index in [1.807, 2.05) is 32.0 Å². The molecule has 1 aromatic carbocycles. The molecule has 3 rings (SSSR count). The number of amides is 2. The van der Waals surface area contributed by atoms with Crippen molar-refractivity contribution in [2.45, 2.75) is 26.5 Å². The maximum Gasteiger partial charge on any atom is 0.272 e. The lowest BCUT2D eigenvalue weighted by atomic mass is 10.1. The van der Waals surface area contributed by atoms with Gasteiger partial charge in [0, 0.05) is 11.8 Å². The number of carbonyl (C=O) groups is 2. The Morgan fingerprint density at radius 2 is 1.93 bits per heavy atom. The first-order chi connectivity index (χ1) is 14.3. The zero-order chi connectivity index (χ0) is 21.7. The highest BCUT2D eigenvalue weighted by molar-refractivity contribution is 9.13. The Kier molecular flexibility index (Phi) is 7.28. The summed E-state index contributed by atoms with van der Waals surface area (Å²) in [6.07, 6.45) is 1.54. The van der Waals surface area contributed by atoms with Crippen molar-refractivity contribution < 1.29 is 14.3 Å². The standard InChI is InChI=1S/C21H20Br2N4O3/c1-12(2)30-18-9-13(20(28)25-11-14-5-3-4-8-24-14)6-7-16(18)27-21(29)17-10-15(22)19(23)26-17/h3-10,12,26H,11H2,1-2H3,(H,25,28)(H,27,29). The van der Waals surface area contributed by atoms with Gasteiger partial charge in [-0.2, -0.15) is 0 Å². The van der Waals surface area contributed by atoms with Crippen LogP contribution >= 0.6 is 31.9 Å². The summed E-state index contributed by atoms with van der Waals surface area (Å²) in [5.41, 5.74) is 2.03. The Morgan fingerprint density at radius 1 is 1.13 bits per heavy atom. The lowest BCUT2D eigenvalue weighted by Crippen LogP contribution is -2.23. The number of halogens is 2. The molecule has 0 radical (unpaired) electrons. The molecule has 0 spiro atoms. The third kappa shape index (κ3) is 5.70. The number of nitrogens with one attached hydrogen (secondary N) is 3. The summed E-state index contributed by atoms with van der Waals surface area (Å²) >= 11 is 6.66. The lowest BCUT2D eigenvalue weighted by molar-refractivity contribution is 0.0949. The molecular formula is C21H20Br2N4O3. The van der Waals surface area contributed by atoms with Gasteiger partial charge in [0.2, 0.25) is 0 Å². The fourth-order valence-corrected chi connectivity index (χ4v) is 3.27. The van der Waals surface area contributed by atoms with Crippen molar-refractivity contribution in [3.8, 4) is 5.75 Å². The van der Waals surface area contributed by atoms with Crippen molar-refractivity contribution in [2.75, 3.05) is 5.32 Å². The SMILES string of the molecule is CC(C)Oc1cc(C(=O)NCc2ccccn2)ccc1NC(=O)c1cc(Br)c(Br)[nH]1. The van der Waals surface area contributed by atoms with Gasteiger partial charge in [-0.1, -0.05) is 6.07 Å². The predicted molar refractivity (Wildman–Crippen MR) is 122 cm³/mol. The second kappa shape index (κ2) is 9.90. The Hall–Kier alpha value is -2.65. The number of hydrogen-bond acceptors (Lipinski definition) is 4. The van der Waals surface area contributed by atoms with E-state index in [1.54, 1.807) is 30.5 Å². The van der Waals surface area contributed by atoms with Crippen molar-refractivity contribution in [3.63, 3.8) is 0 Å². The van der Waals surface area contributed by atoms with Crippen LogP contribution in [-0.4, -0.2) is 27.9 Å². The normalized spacial score (nSPS) is 10.7. The number of anilines is 1. The molecule has 7 nitrogen and oxygen atoms in total. The molecule has 0 aliphatic rings. The number of aromatic nitrogens is 2. The third-order valence-electron chi connectivity index (χ3n) is 3.98. The van der Waals surface area contributed by atoms with Gasteiger partial charge in [0.15, 0.2) is 0 Å². The fourth-order valence-electron chi connectivity index (χ4n) is 2.61. The minimum absolute atomic E-state index is 0.138. The summed E-state index contributed by atoms with van der Waals surface area (Å²) in [6.45, 7) is 4.06. The lowest BCUT2D eigenvalue weighted by Gasteiger charge is -2.16. The zero-order valence-electron chi connectivity index (χ0n) is 16.3. The number of nitrogens with zero attached hydrogens (tertiary/aromatic N) is 1. The molecule has 3 N–H and O–H groups in total. The van der Waals surface area contributed by atoms with E-state index in [9.17, 15) is 9.59 Å². The van der Waals surface area contributed by atoms with Gasteiger partial charge in [0.05, 0.1) is 33.1 Å². The molecule has 156 valence electrons. The van der Waals surface area contributed by atoms with E-state index in [0.717, 1.165) is 10.2 Å². The Morgan fingerprint density at radius 3 is 2.57 bits per heavy atom. The average molecular weight is 536 g/mol. The predicted octanol–water partition coefficient (Wildman–Crippen LogP) is 4.90. The first-order valence-corrected chi connectivity index (χ1v) is 10.8. The summed E-state index contributed by atoms with van der Waals surface area (Å²) in [5, 5.41) is 5.65. The molecule has 0 saturated heterocycles. The molecular weight excluding hydrogens is 516 g/mol. The van der Waals surface area contributed by atoms with E-state index in [-0.39, 0.29) is 17.9 Å². The van der Waals surface area contributed by atoms with E-state index in [4.69, 9.17) is 4.74 Å². The summed E-state index contributed by atoms with van der Waals surface area (Å²) in [5.74, 6) is -0.180. The van der Waals surface area contributed by atoms with Crippen LogP contribution in [0.5, 0.6) is 5.75 Å². The number of carbonyl (C=O) groups excluding carboxylic acids is 2. The highest BCUT2D eigenvalue weighted by Gasteiger charge is 2.16. The Labute approximate surface area is 190 Å². The Bertz CT molecular complexity index is 1030. The molecule has 0 unspecified atom stereocenters. The third-order valence-corrected chi connectivity index (χ3v) is 5.76. The van der Waals surface area contributed by atoms with Gasteiger partial charge in [0.1, 0.15) is 11.4 Å². The first-order valence-electron chi connectivity index (χ1n) is 9.17. The average Bonchev–Trinajstić information content (AvgIpc) is 3.06. The van der Waals surface area contributed by atoms with E-state index >= 15 is 0 Å². The maximum atomic E-state index is 12.6. The van der Waals surface area contributed by atoms with E-state index < -0.39 is 0 Å². The molecule has 9 heteroatoms. The van der Waals surface area contributed by atoms with Gasteiger partial charge in [-0.05, 0) is 82.1 Å². The van der Waals surface area contributed by atoms with Gasteiger partial charge < -0.3 is 20.4 Å². The van der Waals surface area contributed by atoms with Crippen LogP contribution in [-0.2, 0) is 6.54 Å². The van der Waals surface area contributed by atoms with E-state index in [2.05, 4.69) is 52.5 Å². The molecule has 0 aliphatic heterocycles. The smallest absolute Gasteiger partial charge is 0.272 e. The van der Waals surface area contributed by atoms with Gasteiger partial charge in [-0.3, -0.25) is 14.6 Å². The van der Waals surface area contributed by atoms with Crippen LogP contribution < -0.4 is 15.4 Å². The number of benzene rings is 1. The van der Waals surface area contributed by atoms with Crippen molar-refractivity contribution in [1.29, 1.82) is 0 Å². The molecule has 2 amide bonds. The van der Waals surface area contributed by atoms with Gasteiger partial charge >= 0.3 is 0 Å². The molecule has 2 heterocycles. The molecule has 0 fully saturated rings. The number of hydrogen-bond donors (Lipinski definition) is 3. The molecule has 0 atom stereocenters. The van der Waals surface area contributed by atoms with Crippen molar-refractivity contribution >= 4 is 49.4 Å². The highest BCUT2D eigenvalue weighted by atomic mass is 79.9. The minimum Gasteiger partial charge on any atom is -0.489 e. The van der Waals surface area contributed by atoms with Crippen LogP contribution in [0.15, 0.2) is 57.7 Å². The van der Waals surface area contributed by atoms with E-state index in [1.165, 1.54) is 0 Å². The van der Waals surface area contributed by atoms with Crippen LogP contribution in [0.3, 0.4) is 0 Å². The summed E-state index contributed by atoms with van der Waals surface area (Å²) in [6, 6.07) is 12.1. The monoisotopic (exact) mass is 534 g/mol. The van der Waals surface area contributed by atoms with Crippen molar-refractivity contribution in [1.82, 2.24) is 15.3 Å². The van der Waals surface area contributed by atoms with Crippen molar-refractivity contribution in [2.24, 2.45) is 0 Å². The fraction of sp³-hybridized carbons (Fsp3) is 0.190. The summed E-state index contributed by atoms with van der Waals surface area (Å²) in [7, 11) is 0. The number of H-pyrrole nitrogens is 1. The quantitative estimate of drug-likeness (QED) is 0.400. The zero-order valence-corrected chi connectivity index (χ0v) is 19.5. The summed E-state index contributed by atoms with van der Waals surface area (Å²) < 4.78 is 7.24. The van der Waals surface area contributed by atoms with Crippen LogP contribution in [0.4, 0.5) is 5.69 Å². The van der Waals surface area contributed by atoms with Gasteiger partial charge in [-0.15, -0.1) is 0 Å². The minimum atomic E-state index is -0.331. The van der Waals surface area contributed by atoms with Crippen molar-refractivity contribution in [3.05, 3.63) is 74.7 Å². The summed E-state index contributed by atoms with van der Waals surface area (Å²) in [4.78, 5) is 32.2. The molecule has 0 aliphatic carbocycles. The van der Waals surface area contributed by atoms with Gasteiger partial charge in [-0.25, -0.2) is 0 Å².